The number of hydrogen-bond donors (Lipinski definition) is 0. The summed E-state index contributed by atoms with van der Waals surface area (Å²) in [6, 6.07) is 49.4. The van der Waals surface area contributed by atoms with Crippen LogP contribution in [0.5, 0.6) is 0 Å². The molecule has 0 fully saturated rings. The molecule has 0 saturated heterocycles. The first-order valence-corrected chi connectivity index (χ1v) is 15.9. The van der Waals surface area contributed by atoms with Gasteiger partial charge in [0.1, 0.15) is 16.2 Å². The molecule has 5 nitrogen and oxygen atoms in total. The van der Waals surface area contributed by atoms with Gasteiger partial charge < -0.3 is 4.42 Å². The summed E-state index contributed by atoms with van der Waals surface area (Å²) in [4.78, 5) is 19.5. The minimum Gasteiger partial charge on any atom is -0.456 e. The van der Waals surface area contributed by atoms with Gasteiger partial charge in [0, 0.05) is 33.0 Å². The molecule has 6 heteroatoms. The molecule has 9 rings (SSSR count). The molecule has 46 heavy (non-hydrogen) atoms. The van der Waals surface area contributed by atoms with E-state index in [1.807, 2.05) is 84.9 Å². The third-order valence-electron chi connectivity index (χ3n) is 8.17. The Morgan fingerprint density at radius 2 is 0.957 bits per heavy atom. The van der Waals surface area contributed by atoms with Gasteiger partial charge in [0.05, 0.1) is 10.2 Å². The van der Waals surface area contributed by atoms with Crippen molar-refractivity contribution in [3.63, 3.8) is 0 Å². The Balaban J connectivity index is 1.11. The third-order valence-corrected chi connectivity index (χ3v) is 9.24. The van der Waals surface area contributed by atoms with Gasteiger partial charge in [-0.2, -0.15) is 0 Å². The maximum atomic E-state index is 6.38. The molecule has 0 aliphatic carbocycles. The fraction of sp³-hybridized carbons (Fsp3) is 0. The molecule has 6 aromatic carbocycles. The number of hydrogen-bond acceptors (Lipinski definition) is 6. The zero-order chi connectivity index (χ0) is 30.5. The summed E-state index contributed by atoms with van der Waals surface area (Å²) in [7, 11) is 0. The minimum atomic E-state index is 0.600. The number of benzene rings is 6. The fourth-order valence-corrected chi connectivity index (χ4v) is 6.85. The molecule has 0 N–H and O–H groups in total. The fourth-order valence-electron chi connectivity index (χ4n) is 5.84. The molecule has 0 radical (unpaired) electrons. The molecule has 3 aromatic heterocycles. The average Bonchev–Trinajstić information content (AvgIpc) is 3.73. The number of nitrogens with zero attached hydrogens (tertiary/aromatic N) is 4. The van der Waals surface area contributed by atoms with Gasteiger partial charge in [0.25, 0.3) is 0 Å². The van der Waals surface area contributed by atoms with Crippen molar-refractivity contribution in [3.05, 3.63) is 146 Å². The zero-order valence-electron chi connectivity index (χ0n) is 24.5. The predicted molar refractivity (Wildman–Crippen MR) is 187 cm³/mol. The van der Waals surface area contributed by atoms with Gasteiger partial charge in [-0.3, -0.25) is 0 Å². The normalized spacial score (nSPS) is 11.5. The number of thiazole rings is 1. The second-order valence-electron chi connectivity index (χ2n) is 11.1. The lowest BCUT2D eigenvalue weighted by molar-refractivity contribution is 0.669. The Morgan fingerprint density at radius 3 is 1.63 bits per heavy atom. The number of aromatic nitrogens is 4. The minimum absolute atomic E-state index is 0.600. The van der Waals surface area contributed by atoms with Gasteiger partial charge in [0.2, 0.25) is 0 Å². The molecule has 0 aliphatic rings. The third kappa shape index (κ3) is 4.72. The van der Waals surface area contributed by atoms with Crippen molar-refractivity contribution in [3.8, 4) is 55.9 Å². The number of furan rings is 1. The lowest BCUT2D eigenvalue weighted by Crippen LogP contribution is -2.00. The van der Waals surface area contributed by atoms with Crippen molar-refractivity contribution >= 4 is 43.5 Å². The zero-order valence-corrected chi connectivity index (χ0v) is 25.3. The summed E-state index contributed by atoms with van der Waals surface area (Å²) >= 11 is 1.72. The Hall–Kier alpha value is -5.98. The molecule has 0 bridgehead atoms. The van der Waals surface area contributed by atoms with Crippen molar-refractivity contribution in [1.82, 2.24) is 19.9 Å². The highest BCUT2D eigenvalue weighted by atomic mass is 32.1. The van der Waals surface area contributed by atoms with Crippen LogP contribution in [0.4, 0.5) is 0 Å². The van der Waals surface area contributed by atoms with Crippen LogP contribution in [-0.4, -0.2) is 19.9 Å². The standard InChI is InChI=1S/C40H24N4OS/c1-4-10-25(11-5-1)37-42-38(26-12-6-2-7-13-26)44-39(43-37)30-16-19-31-32-22-28(18-21-34(32)45-35(31)23-30)29-17-20-33-36(24-29)46-40(41-33)27-14-8-3-9-15-27/h1-24H. The summed E-state index contributed by atoms with van der Waals surface area (Å²) in [5.74, 6) is 1.86. The molecular formula is C40H24N4OS. The quantitative estimate of drug-likeness (QED) is 0.194. The molecule has 0 amide bonds. The van der Waals surface area contributed by atoms with Crippen LogP contribution >= 0.6 is 11.3 Å². The molecule has 0 aliphatic heterocycles. The summed E-state index contributed by atoms with van der Waals surface area (Å²) in [5.41, 5.74) is 8.81. The van der Waals surface area contributed by atoms with Crippen molar-refractivity contribution in [1.29, 1.82) is 0 Å². The summed E-state index contributed by atoms with van der Waals surface area (Å²) < 4.78 is 7.55. The highest BCUT2D eigenvalue weighted by molar-refractivity contribution is 7.21. The molecule has 216 valence electrons. The van der Waals surface area contributed by atoms with E-state index in [0.717, 1.165) is 65.8 Å². The van der Waals surface area contributed by atoms with E-state index in [1.165, 1.54) is 4.70 Å². The van der Waals surface area contributed by atoms with Gasteiger partial charge in [-0.1, -0.05) is 109 Å². The van der Waals surface area contributed by atoms with E-state index in [9.17, 15) is 0 Å². The van der Waals surface area contributed by atoms with E-state index in [-0.39, 0.29) is 0 Å². The van der Waals surface area contributed by atoms with Crippen LogP contribution in [-0.2, 0) is 0 Å². The summed E-state index contributed by atoms with van der Waals surface area (Å²) in [6.45, 7) is 0. The molecule has 0 unspecified atom stereocenters. The Morgan fingerprint density at radius 1 is 0.391 bits per heavy atom. The first-order valence-electron chi connectivity index (χ1n) is 15.1. The van der Waals surface area contributed by atoms with E-state index < -0.39 is 0 Å². The van der Waals surface area contributed by atoms with Gasteiger partial charge in [-0.25, -0.2) is 19.9 Å². The van der Waals surface area contributed by atoms with E-state index in [1.54, 1.807) is 11.3 Å². The summed E-state index contributed by atoms with van der Waals surface area (Å²) in [6.07, 6.45) is 0. The first-order chi connectivity index (χ1) is 22.7. The maximum absolute atomic E-state index is 6.38. The first kappa shape index (κ1) is 26.4. The Labute approximate surface area is 268 Å². The lowest BCUT2D eigenvalue weighted by Gasteiger charge is -2.08. The van der Waals surface area contributed by atoms with Gasteiger partial charge in [-0.05, 0) is 47.5 Å². The topological polar surface area (TPSA) is 64.7 Å². The molecule has 9 aromatic rings. The van der Waals surface area contributed by atoms with Crippen LogP contribution in [0.2, 0.25) is 0 Å². The Bertz CT molecular complexity index is 2470. The van der Waals surface area contributed by atoms with Crippen LogP contribution in [0.3, 0.4) is 0 Å². The van der Waals surface area contributed by atoms with E-state index in [4.69, 9.17) is 24.4 Å². The van der Waals surface area contributed by atoms with Crippen molar-refractivity contribution in [2.75, 3.05) is 0 Å². The predicted octanol–water partition coefficient (Wildman–Crippen LogP) is 10.7. The number of fused-ring (bicyclic) bond motifs is 4. The maximum Gasteiger partial charge on any atom is 0.164 e. The average molecular weight is 609 g/mol. The van der Waals surface area contributed by atoms with Crippen molar-refractivity contribution in [2.45, 2.75) is 0 Å². The molecule has 0 saturated carbocycles. The van der Waals surface area contributed by atoms with Crippen molar-refractivity contribution < 1.29 is 4.42 Å². The van der Waals surface area contributed by atoms with Crippen LogP contribution in [0.1, 0.15) is 0 Å². The molecule has 0 atom stereocenters. The van der Waals surface area contributed by atoms with Crippen LogP contribution < -0.4 is 0 Å². The second kappa shape index (κ2) is 10.9. The van der Waals surface area contributed by atoms with E-state index in [2.05, 4.69) is 60.7 Å². The van der Waals surface area contributed by atoms with Gasteiger partial charge >= 0.3 is 0 Å². The summed E-state index contributed by atoms with van der Waals surface area (Å²) in [5, 5.41) is 3.15. The SMILES string of the molecule is c1ccc(-c2nc(-c3ccccc3)nc(-c3ccc4c(c3)oc3ccc(-c5ccc6nc(-c7ccccc7)sc6c5)cc34)n2)cc1. The van der Waals surface area contributed by atoms with Gasteiger partial charge in [-0.15, -0.1) is 11.3 Å². The largest absolute Gasteiger partial charge is 0.456 e. The highest BCUT2D eigenvalue weighted by Crippen LogP contribution is 2.37. The highest BCUT2D eigenvalue weighted by Gasteiger charge is 2.15. The second-order valence-corrected chi connectivity index (χ2v) is 12.2. The van der Waals surface area contributed by atoms with Crippen molar-refractivity contribution in [2.24, 2.45) is 0 Å². The van der Waals surface area contributed by atoms with Gasteiger partial charge in [0.15, 0.2) is 17.5 Å². The Kier molecular flexibility index (Phi) is 6.25. The van der Waals surface area contributed by atoms with Crippen LogP contribution in [0, 0.1) is 0 Å². The molecule has 3 heterocycles. The van der Waals surface area contributed by atoms with Crippen LogP contribution in [0.15, 0.2) is 150 Å². The monoisotopic (exact) mass is 608 g/mol. The smallest absolute Gasteiger partial charge is 0.164 e. The molecule has 0 spiro atoms. The number of rotatable bonds is 5. The van der Waals surface area contributed by atoms with Crippen LogP contribution in [0.25, 0.3) is 88.0 Å². The molecular weight excluding hydrogens is 585 g/mol. The van der Waals surface area contributed by atoms with E-state index in [0.29, 0.717) is 17.5 Å². The van der Waals surface area contributed by atoms with E-state index >= 15 is 0 Å². The lowest BCUT2D eigenvalue weighted by atomic mass is 10.0.